The van der Waals surface area contributed by atoms with Crippen LogP contribution in [0.15, 0.2) is 48.5 Å². The van der Waals surface area contributed by atoms with Crippen molar-refractivity contribution in [2.24, 2.45) is 0 Å². The minimum Gasteiger partial charge on any atom is -0.497 e. The van der Waals surface area contributed by atoms with Crippen molar-refractivity contribution in [1.82, 2.24) is 9.80 Å². The molecular weight excluding hydrogens is 344 g/mol. The van der Waals surface area contributed by atoms with E-state index in [4.69, 9.17) is 9.47 Å². The summed E-state index contributed by atoms with van der Waals surface area (Å²) in [7, 11) is 3.16. The first kappa shape index (κ1) is 18.8. The molecule has 0 saturated carbocycles. The minimum absolute atomic E-state index is 0.0464. The van der Waals surface area contributed by atoms with E-state index in [1.165, 1.54) is 0 Å². The fraction of sp³-hybridized carbons (Fsp3) is 0.333. The molecule has 0 radical (unpaired) electrons. The van der Waals surface area contributed by atoms with Gasteiger partial charge in [-0.3, -0.25) is 9.59 Å². The van der Waals surface area contributed by atoms with Gasteiger partial charge in [0.2, 0.25) is 0 Å². The van der Waals surface area contributed by atoms with Gasteiger partial charge in [-0.25, -0.2) is 0 Å². The summed E-state index contributed by atoms with van der Waals surface area (Å²) in [6, 6.07) is 14.2. The Balaban J connectivity index is 1.69. The van der Waals surface area contributed by atoms with E-state index in [9.17, 15) is 9.59 Å². The maximum Gasteiger partial charge on any atom is 0.254 e. The molecule has 2 aromatic rings. The normalized spacial score (nSPS) is 16.8. The average molecular weight is 368 g/mol. The van der Waals surface area contributed by atoms with Crippen LogP contribution in [0.1, 0.15) is 27.6 Å². The lowest BCUT2D eigenvalue weighted by atomic mass is 10.1. The van der Waals surface area contributed by atoms with Crippen LogP contribution < -0.4 is 9.47 Å². The highest BCUT2D eigenvalue weighted by molar-refractivity contribution is 5.96. The molecule has 0 bridgehead atoms. The molecule has 0 aliphatic carbocycles. The summed E-state index contributed by atoms with van der Waals surface area (Å²) in [5, 5.41) is 0. The number of rotatable bonds is 4. The summed E-state index contributed by atoms with van der Waals surface area (Å²) in [6.45, 7) is 3.44. The lowest BCUT2D eigenvalue weighted by molar-refractivity contribution is 0.0414. The SMILES string of the molecule is COc1cccc(C(=O)N2CCN(C(=O)c3cccc(OC)c3)C(C)C2)c1. The third kappa shape index (κ3) is 4.05. The van der Waals surface area contributed by atoms with Crippen molar-refractivity contribution in [3.8, 4) is 11.5 Å². The molecule has 1 aliphatic rings. The zero-order chi connectivity index (χ0) is 19.4. The zero-order valence-corrected chi connectivity index (χ0v) is 15.8. The molecule has 0 aromatic heterocycles. The van der Waals surface area contributed by atoms with Crippen molar-refractivity contribution in [3.63, 3.8) is 0 Å². The third-order valence-corrected chi connectivity index (χ3v) is 4.81. The molecule has 0 N–H and O–H groups in total. The number of carbonyl (C=O) groups is 2. The third-order valence-electron chi connectivity index (χ3n) is 4.81. The Morgan fingerprint density at radius 1 is 0.889 bits per heavy atom. The highest BCUT2D eigenvalue weighted by Crippen LogP contribution is 2.20. The molecule has 0 spiro atoms. The van der Waals surface area contributed by atoms with Gasteiger partial charge in [-0.15, -0.1) is 0 Å². The van der Waals surface area contributed by atoms with E-state index in [-0.39, 0.29) is 17.9 Å². The maximum absolute atomic E-state index is 12.9. The number of hydrogen-bond donors (Lipinski definition) is 0. The van der Waals surface area contributed by atoms with Crippen LogP contribution >= 0.6 is 0 Å². The molecular formula is C21H24N2O4. The fourth-order valence-corrected chi connectivity index (χ4v) is 3.30. The smallest absolute Gasteiger partial charge is 0.254 e. The van der Waals surface area contributed by atoms with Crippen molar-refractivity contribution in [3.05, 3.63) is 59.7 Å². The number of methoxy groups -OCH3 is 2. The van der Waals surface area contributed by atoms with E-state index in [0.29, 0.717) is 42.3 Å². The molecule has 3 rings (SSSR count). The maximum atomic E-state index is 12.9. The number of piperazine rings is 1. The quantitative estimate of drug-likeness (QED) is 0.833. The number of benzene rings is 2. The van der Waals surface area contributed by atoms with Crippen molar-refractivity contribution < 1.29 is 19.1 Å². The monoisotopic (exact) mass is 368 g/mol. The number of ether oxygens (including phenoxy) is 2. The Morgan fingerprint density at radius 2 is 1.44 bits per heavy atom. The number of hydrogen-bond acceptors (Lipinski definition) is 4. The summed E-state index contributed by atoms with van der Waals surface area (Å²) >= 11 is 0. The molecule has 6 nitrogen and oxygen atoms in total. The molecule has 1 saturated heterocycles. The summed E-state index contributed by atoms with van der Waals surface area (Å²) in [4.78, 5) is 29.2. The van der Waals surface area contributed by atoms with Crippen LogP contribution in [-0.4, -0.2) is 61.5 Å². The van der Waals surface area contributed by atoms with E-state index >= 15 is 0 Å². The minimum atomic E-state index is -0.0768. The molecule has 1 heterocycles. The van der Waals surface area contributed by atoms with Crippen molar-refractivity contribution >= 4 is 11.8 Å². The fourth-order valence-electron chi connectivity index (χ4n) is 3.30. The van der Waals surface area contributed by atoms with Crippen LogP contribution in [0.3, 0.4) is 0 Å². The van der Waals surface area contributed by atoms with Crippen LogP contribution in [-0.2, 0) is 0 Å². The van der Waals surface area contributed by atoms with Gasteiger partial charge in [0.1, 0.15) is 11.5 Å². The zero-order valence-electron chi connectivity index (χ0n) is 15.8. The Bertz CT molecular complexity index is 836. The van der Waals surface area contributed by atoms with Gasteiger partial charge in [-0.1, -0.05) is 12.1 Å². The predicted octanol–water partition coefficient (Wildman–Crippen LogP) is 2.69. The van der Waals surface area contributed by atoms with Crippen LogP contribution in [0.25, 0.3) is 0 Å². The van der Waals surface area contributed by atoms with Crippen molar-refractivity contribution in [2.45, 2.75) is 13.0 Å². The van der Waals surface area contributed by atoms with Gasteiger partial charge >= 0.3 is 0 Å². The Morgan fingerprint density at radius 3 is 1.96 bits per heavy atom. The van der Waals surface area contributed by atoms with E-state index in [1.54, 1.807) is 55.5 Å². The molecule has 1 unspecified atom stereocenters. The summed E-state index contributed by atoms with van der Waals surface area (Å²) in [5.41, 5.74) is 1.18. The van der Waals surface area contributed by atoms with E-state index in [0.717, 1.165) is 0 Å². The topological polar surface area (TPSA) is 59.1 Å². The number of nitrogens with zero attached hydrogens (tertiary/aromatic N) is 2. The number of carbonyl (C=O) groups excluding carboxylic acids is 2. The Hall–Kier alpha value is -3.02. The number of amides is 2. The van der Waals surface area contributed by atoms with Crippen LogP contribution in [0.4, 0.5) is 0 Å². The van der Waals surface area contributed by atoms with Gasteiger partial charge in [-0.2, -0.15) is 0 Å². The van der Waals surface area contributed by atoms with Gasteiger partial charge in [0.25, 0.3) is 11.8 Å². The Kier molecular flexibility index (Phi) is 5.64. The van der Waals surface area contributed by atoms with Crippen LogP contribution in [0, 0.1) is 0 Å². The standard InChI is InChI=1S/C21H24N2O4/c1-15-14-22(20(24)16-6-4-8-18(12-16)26-2)10-11-23(15)21(25)17-7-5-9-19(13-17)27-3/h4-9,12-13,15H,10-11,14H2,1-3H3. The molecule has 6 heteroatoms. The summed E-state index contributed by atoms with van der Waals surface area (Å²) in [5.74, 6) is 1.21. The predicted molar refractivity (Wildman–Crippen MR) is 102 cm³/mol. The highest BCUT2D eigenvalue weighted by Gasteiger charge is 2.30. The molecule has 142 valence electrons. The van der Waals surface area contributed by atoms with E-state index < -0.39 is 0 Å². The van der Waals surface area contributed by atoms with E-state index in [2.05, 4.69) is 0 Å². The first-order valence-corrected chi connectivity index (χ1v) is 8.92. The molecule has 27 heavy (non-hydrogen) atoms. The van der Waals surface area contributed by atoms with Gasteiger partial charge in [0.15, 0.2) is 0 Å². The van der Waals surface area contributed by atoms with Gasteiger partial charge in [0.05, 0.1) is 14.2 Å². The van der Waals surface area contributed by atoms with E-state index in [1.807, 2.05) is 24.0 Å². The molecule has 2 amide bonds. The van der Waals surface area contributed by atoms with Crippen molar-refractivity contribution in [2.75, 3.05) is 33.9 Å². The van der Waals surface area contributed by atoms with Gasteiger partial charge in [0, 0.05) is 36.8 Å². The molecule has 1 atom stereocenters. The van der Waals surface area contributed by atoms with Gasteiger partial charge < -0.3 is 19.3 Å². The largest absolute Gasteiger partial charge is 0.497 e. The second-order valence-corrected chi connectivity index (χ2v) is 6.56. The lowest BCUT2D eigenvalue weighted by Crippen LogP contribution is -2.55. The van der Waals surface area contributed by atoms with Crippen LogP contribution in [0.2, 0.25) is 0 Å². The average Bonchev–Trinajstić information content (AvgIpc) is 2.72. The summed E-state index contributed by atoms with van der Waals surface area (Å²) < 4.78 is 10.4. The lowest BCUT2D eigenvalue weighted by Gasteiger charge is -2.40. The second-order valence-electron chi connectivity index (χ2n) is 6.56. The summed E-state index contributed by atoms with van der Waals surface area (Å²) in [6.07, 6.45) is 0. The van der Waals surface area contributed by atoms with Gasteiger partial charge in [-0.05, 0) is 43.3 Å². The second kappa shape index (κ2) is 8.12. The molecule has 1 fully saturated rings. The molecule has 2 aromatic carbocycles. The Labute approximate surface area is 159 Å². The molecule has 1 aliphatic heterocycles. The van der Waals surface area contributed by atoms with Crippen molar-refractivity contribution in [1.29, 1.82) is 0 Å². The first-order chi connectivity index (χ1) is 13.0. The highest BCUT2D eigenvalue weighted by atomic mass is 16.5. The van der Waals surface area contributed by atoms with Crippen LogP contribution in [0.5, 0.6) is 11.5 Å². The first-order valence-electron chi connectivity index (χ1n) is 8.92.